The zero-order chi connectivity index (χ0) is 18.4. The Labute approximate surface area is 151 Å². The first-order valence-corrected chi connectivity index (χ1v) is 8.74. The van der Waals surface area contributed by atoms with E-state index in [1.54, 1.807) is 0 Å². The van der Waals surface area contributed by atoms with Crippen LogP contribution < -0.4 is 0 Å². The normalized spacial score (nSPS) is 15.5. The molecule has 0 amide bonds. The minimum atomic E-state index is -0.815. The van der Waals surface area contributed by atoms with Crippen molar-refractivity contribution in [2.45, 2.75) is 26.8 Å². The standard InChI is InChI=1S/C21H21F2N3/c1-13(15-5-4-14(2)24-10-15)11-26-20-6-7-25(3)12-17(20)16-8-18(22)19(23)9-21(16)26/h4-5,8-11H,6-7,12H2,1-3H3. The Kier molecular flexibility index (Phi) is 4.11. The molecule has 1 aliphatic heterocycles. The molecule has 26 heavy (non-hydrogen) atoms. The van der Waals surface area contributed by atoms with Gasteiger partial charge in [0.25, 0.3) is 0 Å². The Balaban J connectivity index is 1.93. The highest BCUT2D eigenvalue weighted by atomic mass is 19.2. The second-order valence-corrected chi connectivity index (χ2v) is 7.07. The van der Waals surface area contributed by atoms with Crippen LogP contribution in [0.2, 0.25) is 0 Å². The van der Waals surface area contributed by atoms with Gasteiger partial charge < -0.3 is 9.47 Å². The van der Waals surface area contributed by atoms with Crippen molar-refractivity contribution < 1.29 is 8.78 Å². The largest absolute Gasteiger partial charge is 0.320 e. The summed E-state index contributed by atoms with van der Waals surface area (Å²) in [6.07, 6.45) is 4.70. The van der Waals surface area contributed by atoms with E-state index in [0.29, 0.717) is 5.52 Å². The van der Waals surface area contributed by atoms with Crippen molar-refractivity contribution in [3.63, 3.8) is 0 Å². The van der Waals surface area contributed by atoms with Gasteiger partial charge in [0.2, 0.25) is 0 Å². The number of rotatable bonds is 2. The summed E-state index contributed by atoms with van der Waals surface area (Å²) in [5.41, 5.74) is 5.93. The minimum Gasteiger partial charge on any atom is -0.320 e. The Morgan fingerprint density at radius 1 is 1.19 bits per heavy atom. The molecule has 1 aliphatic rings. The number of benzene rings is 1. The number of allylic oxidation sites excluding steroid dienone is 1. The van der Waals surface area contributed by atoms with Gasteiger partial charge in [-0.3, -0.25) is 4.98 Å². The third-order valence-electron chi connectivity index (χ3n) is 5.11. The predicted molar refractivity (Wildman–Crippen MR) is 101 cm³/mol. The van der Waals surface area contributed by atoms with Crippen LogP contribution in [0.15, 0.2) is 30.5 Å². The monoisotopic (exact) mass is 353 g/mol. The van der Waals surface area contributed by atoms with Gasteiger partial charge in [0, 0.05) is 54.7 Å². The van der Waals surface area contributed by atoms with Crippen molar-refractivity contribution in [2.75, 3.05) is 13.6 Å². The molecule has 134 valence electrons. The maximum absolute atomic E-state index is 13.9. The van der Waals surface area contributed by atoms with E-state index in [9.17, 15) is 8.78 Å². The van der Waals surface area contributed by atoms with E-state index in [1.165, 1.54) is 12.1 Å². The third kappa shape index (κ3) is 2.82. The smallest absolute Gasteiger partial charge is 0.160 e. The van der Waals surface area contributed by atoms with Crippen LogP contribution in [0.5, 0.6) is 0 Å². The zero-order valence-electron chi connectivity index (χ0n) is 15.2. The van der Waals surface area contributed by atoms with Gasteiger partial charge in [-0.05, 0) is 49.7 Å². The first-order valence-electron chi connectivity index (χ1n) is 8.74. The lowest BCUT2D eigenvalue weighted by molar-refractivity contribution is 0.312. The van der Waals surface area contributed by atoms with Crippen LogP contribution in [0.3, 0.4) is 0 Å². The minimum absolute atomic E-state index is 0.712. The number of hydrogen-bond donors (Lipinski definition) is 0. The first-order chi connectivity index (χ1) is 12.4. The Hall–Kier alpha value is -2.53. The van der Waals surface area contributed by atoms with Crippen LogP contribution in [0, 0.1) is 18.6 Å². The Bertz CT molecular complexity index is 1020. The van der Waals surface area contributed by atoms with Crippen LogP contribution in [0.4, 0.5) is 8.78 Å². The number of nitrogens with zero attached hydrogens (tertiary/aromatic N) is 3. The molecule has 4 rings (SSSR count). The topological polar surface area (TPSA) is 21.1 Å². The molecule has 3 nitrogen and oxygen atoms in total. The van der Waals surface area contributed by atoms with E-state index in [1.807, 2.05) is 50.0 Å². The molecule has 0 fully saturated rings. The summed E-state index contributed by atoms with van der Waals surface area (Å²) in [6.45, 7) is 5.63. The molecule has 2 aromatic heterocycles. The van der Waals surface area contributed by atoms with Gasteiger partial charge in [0.15, 0.2) is 11.6 Å². The van der Waals surface area contributed by atoms with E-state index >= 15 is 0 Å². The number of hydrogen-bond acceptors (Lipinski definition) is 2. The van der Waals surface area contributed by atoms with E-state index in [0.717, 1.165) is 53.0 Å². The summed E-state index contributed by atoms with van der Waals surface area (Å²) in [5, 5.41) is 0.788. The first kappa shape index (κ1) is 16.9. The molecule has 0 bridgehead atoms. The summed E-state index contributed by atoms with van der Waals surface area (Å²) >= 11 is 0. The molecule has 0 saturated carbocycles. The van der Waals surface area contributed by atoms with Crippen molar-refractivity contribution in [3.8, 4) is 0 Å². The molecule has 3 heterocycles. The average molecular weight is 353 g/mol. The molecule has 0 saturated heterocycles. The van der Waals surface area contributed by atoms with Crippen LogP contribution >= 0.6 is 0 Å². The number of aromatic nitrogens is 2. The highest BCUT2D eigenvalue weighted by Crippen LogP contribution is 2.33. The summed E-state index contributed by atoms with van der Waals surface area (Å²) in [7, 11) is 2.05. The third-order valence-corrected chi connectivity index (χ3v) is 5.11. The van der Waals surface area contributed by atoms with E-state index in [2.05, 4.69) is 9.88 Å². The molecule has 0 aliphatic carbocycles. The van der Waals surface area contributed by atoms with Crippen LogP contribution in [0.25, 0.3) is 22.7 Å². The number of aryl methyl sites for hydroxylation is 1. The molecule has 0 radical (unpaired) electrons. The highest BCUT2D eigenvalue weighted by Gasteiger charge is 2.23. The van der Waals surface area contributed by atoms with Gasteiger partial charge in [0.05, 0.1) is 5.52 Å². The molecule has 0 spiro atoms. The summed E-state index contributed by atoms with van der Waals surface area (Å²) in [5.74, 6) is -1.61. The molecule has 0 atom stereocenters. The second kappa shape index (κ2) is 6.32. The predicted octanol–water partition coefficient (Wildman–Crippen LogP) is 4.63. The van der Waals surface area contributed by atoms with E-state index in [-0.39, 0.29) is 0 Å². The van der Waals surface area contributed by atoms with Gasteiger partial charge in [0.1, 0.15) is 0 Å². The summed E-state index contributed by atoms with van der Waals surface area (Å²) in [6, 6.07) is 6.64. The zero-order valence-corrected chi connectivity index (χ0v) is 15.2. The quantitative estimate of drug-likeness (QED) is 0.670. The fourth-order valence-corrected chi connectivity index (χ4v) is 3.63. The molecular formula is C21H21F2N3. The summed E-state index contributed by atoms with van der Waals surface area (Å²) in [4.78, 5) is 6.55. The number of fused-ring (bicyclic) bond motifs is 3. The lowest BCUT2D eigenvalue weighted by atomic mass is 10.0. The SMILES string of the molecule is CC(=Cn1c2c(c3cc(F)c(F)cc31)CN(C)CC2)c1ccc(C)nc1. The highest BCUT2D eigenvalue weighted by molar-refractivity contribution is 5.90. The molecule has 3 aromatic rings. The van der Waals surface area contributed by atoms with Crippen molar-refractivity contribution in [1.29, 1.82) is 0 Å². The fourth-order valence-electron chi connectivity index (χ4n) is 3.63. The molecule has 0 N–H and O–H groups in total. The maximum Gasteiger partial charge on any atom is 0.160 e. The molecule has 1 aromatic carbocycles. The van der Waals surface area contributed by atoms with Crippen LogP contribution in [0.1, 0.15) is 29.4 Å². The molecule has 0 unspecified atom stereocenters. The maximum atomic E-state index is 13.9. The average Bonchev–Trinajstić information content (AvgIpc) is 2.88. The van der Waals surface area contributed by atoms with Gasteiger partial charge in [-0.1, -0.05) is 6.07 Å². The second-order valence-electron chi connectivity index (χ2n) is 7.07. The lowest BCUT2D eigenvalue weighted by Crippen LogP contribution is -2.26. The van der Waals surface area contributed by atoms with Gasteiger partial charge in [-0.25, -0.2) is 8.78 Å². The van der Waals surface area contributed by atoms with Gasteiger partial charge in [-0.2, -0.15) is 0 Å². The van der Waals surface area contributed by atoms with Gasteiger partial charge >= 0.3 is 0 Å². The number of likely N-dealkylation sites (N-methyl/N-ethyl adjacent to an activating group) is 1. The van der Waals surface area contributed by atoms with E-state index in [4.69, 9.17) is 0 Å². The number of pyridine rings is 1. The van der Waals surface area contributed by atoms with Crippen LogP contribution in [-0.4, -0.2) is 28.0 Å². The Morgan fingerprint density at radius 3 is 2.69 bits per heavy atom. The van der Waals surface area contributed by atoms with Crippen molar-refractivity contribution >= 4 is 22.7 Å². The van der Waals surface area contributed by atoms with E-state index < -0.39 is 11.6 Å². The fraction of sp³-hybridized carbons (Fsp3) is 0.286. The summed E-state index contributed by atoms with van der Waals surface area (Å²) < 4.78 is 29.8. The van der Waals surface area contributed by atoms with Crippen LogP contribution in [-0.2, 0) is 13.0 Å². The molecular weight excluding hydrogens is 332 g/mol. The van der Waals surface area contributed by atoms with Crippen molar-refractivity contribution in [3.05, 3.63) is 64.6 Å². The van der Waals surface area contributed by atoms with Crippen molar-refractivity contribution in [1.82, 2.24) is 14.5 Å². The Morgan fingerprint density at radius 2 is 1.96 bits per heavy atom. The molecule has 5 heteroatoms. The van der Waals surface area contributed by atoms with Crippen molar-refractivity contribution in [2.24, 2.45) is 0 Å². The lowest BCUT2D eigenvalue weighted by Gasteiger charge is -2.23. The van der Waals surface area contributed by atoms with Gasteiger partial charge in [-0.15, -0.1) is 0 Å². The number of halogens is 2.